The van der Waals surface area contributed by atoms with Crippen LogP contribution in [-0.2, 0) is 9.59 Å². The molecule has 7 nitrogen and oxygen atoms in total. The van der Waals surface area contributed by atoms with E-state index in [9.17, 15) is 14.4 Å². The number of ether oxygens (including phenoxy) is 1. The molecule has 0 unspecified atom stereocenters. The smallest absolute Gasteiger partial charge is 0.325 e. The van der Waals surface area contributed by atoms with Crippen molar-refractivity contribution < 1.29 is 24.2 Å². The van der Waals surface area contributed by atoms with Gasteiger partial charge in [0, 0.05) is 18.7 Å². The Morgan fingerprint density at radius 3 is 2.27 bits per heavy atom. The second-order valence-corrected chi connectivity index (χ2v) is 6.70. The number of carbonyl (C=O) groups is 3. The highest BCUT2D eigenvalue weighted by Gasteiger charge is 2.19. The molecule has 0 aromatic heterocycles. The van der Waals surface area contributed by atoms with Crippen molar-refractivity contribution in [1.82, 2.24) is 10.2 Å². The minimum atomic E-state index is -1.09. The zero-order chi connectivity index (χ0) is 19.3. The summed E-state index contributed by atoms with van der Waals surface area (Å²) in [7, 11) is 0. The maximum Gasteiger partial charge on any atom is 0.325 e. The Kier molecular flexibility index (Phi) is 6.60. The lowest BCUT2D eigenvalue weighted by atomic mass is 10.0. The van der Waals surface area contributed by atoms with E-state index >= 15 is 0 Å². The average molecular weight is 362 g/mol. The van der Waals surface area contributed by atoms with Crippen molar-refractivity contribution in [1.29, 1.82) is 0 Å². The molecule has 7 heteroatoms. The van der Waals surface area contributed by atoms with E-state index in [-0.39, 0.29) is 12.5 Å². The fraction of sp³-hybridized carbons (Fsp3) is 0.526. The van der Waals surface area contributed by atoms with Crippen LogP contribution >= 0.6 is 0 Å². The zero-order valence-corrected chi connectivity index (χ0v) is 15.5. The van der Waals surface area contributed by atoms with E-state index in [2.05, 4.69) is 5.32 Å². The minimum Gasteiger partial charge on any atom is -0.483 e. The fourth-order valence-corrected chi connectivity index (χ4v) is 3.02. The van der Waals surface area contributed by atoms with Gasteiger partial charge in [0.1, 0.15) is 11.8 Å². The molecule has 2 rings (SSSR count). The van der Waals surface area contributed by atoms with Gasteiger partial charge < -0.3 is 20.1 Å². The third-order valence-corrected chi connectivity index (χ3v) is 4.49. The molecule has 1 aliphatic heterocycles. The molecule has 26 heavy (non-hydrogen) atoms. The van der Waals surface area contributed by atoms with Gasteiger partial charge >= 0.3 is 5.97 Å². The summed E-state index contributed by atoms with van der Waals surface area (Å²) in [5.41, 5.74) is 1.82. The number of amides is 2. The number of carboxylic acids is 1. The molecular formula is C19H26N2O5. The quantitative estimate of drug-likeness (QED) is 0.806. The topological polar surface area (TPSA) is 95.9 Å². The fourth-order valence-electron chi connectivity index (χ4n) is 3.02. The van der Waals surface area contributed by atoms with Crippen LogP contribution in [0.1, 0.15) is 47.7 Å². The third kappa shape index (κ3) is 4.97. The SMILES string of the molecule is Cc1cc(C(=O)N[C@@H](C)C(=O)O)cc(C)c1OCC(=O)N1CCCCC1. The van der Waals surface area contributed by atoms with Crippen LogP contribution in [0.15, 0.2) is 12.1 Å². The molecule has 0 radical (unpaired) electrons. The first kappa shape index (κ1) is 19.8. The Balaban J connectivity index is 2.03. The number of nitrogens with zero attached hydrogens (tertiary/aromatic N) is 1. The van der Waals surface area contributed by atoms with Gasteiger partial charge in [-0.1, -0.05) is 0 Å². The summed E-state index contributed by atoms with van der Waals surface area (Å²) in [4.78, 5) is 37.1. The van der Waals surface area contributed by atoms with Gasteiger partial charge in [-0.2, -0.15) is 0 Å². The maximum atomic E-state index is 12.2. The first-order valence-electron chi connectivity index (χ1n) is 8.85. The van der Waals surface area contributed by atoms with E-state index in [1.807, 2.05) is 4.90 Å². The number of aliphatic carboxylic acids is 1. The molecule has 142 valence electrons. The molecule has 0 bridgehead atoms. The van der Waals surface area contributed by atoms with Crippen LogP contribution in [0.25, 0.3) is 0 Å². The van der Waals surface area contributed by atoms with Gasteiger partial charge in [-0.3, -0.25) is 14.4 Å². The van der Waals surface area contributed by atoms with Crippen LogP contribution in [0, 0.1) is 13.8 Å². The van der Waals surface area contributed by atoms with E-state index < -0.39 is 17.9 Å². The lowest BCUT2D eigenvalue weighted by Crippen LogP contribution is -2.39. The minimum absolute atomic E-state index is 0.0245. The second kappa shape index (κ2) is 8.69. The van der Waals surface area contributed by atoms with E-state index in [0.717, 1.165) is 43.5 Å². The van der Waals surface area contributed by atoms with Crippen LogP contribution in [-0.4, -0.2) is 53.5 Å². The van der Waals surface area contributed by atoms with Gasteiger partial charge in [0.25, 0.3) is 11.8 Å². The van der Waals surface area contributed by atoms with Crippen molar-refractivity contribution in [2.45, 2.75) is 46.1 Å². The van der Waals surface area contributed by atoms with Gasteiger partial charge in [0.05, 0.1) is 0 Å². The maximum absolute atomic E-state index is 12.2. The Bertz CT molecular complexity index is 672. The molecule has 0 spiro atoms. The average Bonchev–Trinajstić information content (AvgIpc) is 2.61. The predicted octanol–water partition coefficient (Wildman–Crippen LogP) is 1.90. The summed E-state index contributed by atoms with van der Waals surface area (Å²) in [6.45, 7) is 6.53. The summed E-state index contributed by atoms with van der Waals surface area (Å²) >= 11 is 0. The van der Waals surface area contributed by atoms with Gasteiger partial charge in [0.15, 0.2) is 6.61 Å². The number of piperidine rings is 1. The van der Waals surface area contributed by atoms with Crippen LogP contribution in [0.4, 0.5) is 0 Å². The molecule has 1 aromatic carbocycles. The number of benzene rings is 1. The van der Waals surface area contributed by atoms with E-state index in [1.165, 1.54) is 6.92 Å². The van der Waals surface area contributed by atoms with Crippen molar-refractivity contribution in [2.24, 2.45) is 0 Å². The predicted molar refractivity (Wildman–Crippen MR) is 96.4 cm³/mol. The molecule has 2 N–H and O–H groups in total. The number of rotatable bonds is 6. The highest BCUT2D eigenvalue weighted by atomic mass is 16.5. The molecule has 0 saturated carbocycles. The Morgan fingerprint density at radius 2 is 1.73 bits per heavy atom. The molecule has 2 amide bonds. The van der Waals surface area contributed by atoms with Gasteiger partial charge in [-0.05, 0) is 63.3 Å². The van der Waals surface area contributed by atoms with E-state index in [1.54, 1.807) is 26.0 Å². The molecule has 1 aliphatic rings. The summed E-state index contributed by atoms with van der Waals surface area (Å²) in [6, 6.07) is 2.30. The number of nitrogens with one attached hydrogen (secondary N) is 1. The molecule has 0 aliphatic carbocycles. The Hall–Kier alpha value is -2.57. The zero-order valence-electron chi connectivity index (χ0n) is 15.5. The largest absolute Gasteiger partial charge is 0.483 e. The van der Waals surface area contributed by atoms with Crippen molar-refractivity contribution >= 4 is 17.8 Å². The first-order valence-corrected chi connectivity index (χ1v) is 8.85. The van der Waals surface area contributed by atoms with E-state index in [4.69, 9.17) is 9.84 Å². The first-order chi connectivity index (χ1) is 12.3. The molecule has 1 fully saturated rings. The number of carboxylic acid groups (broad SMARTS) is 1. The summed E-state index contributed by atoms with van der Waals surface area (Å²) in [5.74, 6) is -0.996. The molecule has 1 saturated heterocycles. The monoisotopic (exact) mass is 362 g/mol. The normalized spacial score (nSPS) is 15.3. The van der Waals surface area contributed by atoms with Crippen LogP contribution in [0.2, 0.25) is 0 Å². The number of hydrogen-bond acceptors (Lipinski definition) is 4. The Labute approximate surface area is 153 Å². The van der Waals surface area contributed by atoms with Crippen LogP contribution < -0.4 is 10.1 Å². The molecular weight excluding hydrogens is 336 g/mol. The van der Waals surface area contributed by atoms with Crippen molar-refractivity contribution in [3.63, 3.8) is 0 Å². The number of carbonyl (C=O) groups excluding carboxylic acids is 2. The van der Waals surface area contributed by atoms with Gasteiger partial charge in [-0.25, -0.2) is 0 Å². The lowest BCUT2D eigenvalue weighted by Gasteiger charge is -2.26. The number of likely N-dealkylation sites (tertiary alicyclic amines) is 1. The van der Waals surface area contributed by atoms with Gasteiger partial charge in [0.2, 0.25) is 0 Å². The van der Waals surface area contributed by atoms with Crippen LogP contribution in [0.3, 0.4) is 0 Å². The summed E-state index contributed by atoms with van der Waals surface area (Å²) in [6.07, 6.45) is 3.22. The third-order valence-electron chi connectivity index (χ3n) is 4.49. The van der Waals surface area contributed by atoms with Crippen molar-refractivity contribution in [3.05, 3.63) is 28.8 Å². The highest BCUT2D eigenvalue weighted by Crippen LogP contribution is 2.25. The standard InChI is InChI=1S/C19H26N2O5/c1-12-9-15(18(23)20-14(3)19(24)25)10-13(2)17(12)26-11-16(22)21-7-5-4-6-8-21/h9-10,14H,4-8,11H2,1-3H3,(H,20,23)(H,24,25)/t14-/m0/s1. The van der Waals surface area contributed by atoms with E-state index in [0.29, 0.717) is 11.3 Å². The van der Waals surface area contributed by atoms with Gasteiger partial charge in [-0.15, -0.1) is 0 Å². The Morgan fingerprint density at radius 1 is 1.15 bits per heavy atom. The molecule has 1 heterocycles. The lowest BCUT2D eigenvalue weighted by molar-refractivity contribution is -0.138. The molecule has 1 aromatic rings. The number of aryl methyl sites for hydroxylation is 2. The second-order valence-electron chi connectivity index (χ2n) is 6.70. The summed E-state index contributed by atoms with van der Waals surface area (Å²) < 4.78 is 5.72. The number of hydrogen-bond donors (Lipinski definition) is 2. The molecule has 1 atom stereocenters. The van der Waals surface area contributed by atoms with Crippen molar-refractivity contribution in [3.8, 4) is 5.75 Å². The van der Waals surface area contributed by atoms with Crippen LogP contribution in [0.5, 0.6) is 5.75 Å². The highest BCUT2D eigenvalue weighted by molar-refractivity contribution is 5.97. The van der Waals surface area contributed by atoms with Crippen molar-refractivity contribution in [2.75, 3.05) is 19.7 Å². The summed E-state index contributed by atoms with van der Waals surface area (Å²) in [5, 5.41) is 11.3.